The van der Waals surface area contributed by atoms with Gasteiger partial charge in [-0.1, -0.05) is 6.07 Å². The zero-order valence-electron chi connectivity index (χ0n) is 12.8. The van der Waals surface area contributed by atoms with E-state index in [1.54, 1.807) is 0 Å². The van der Waals surface area contributed by atoms with Crippen molar-refractivity contribution in [2.24, 2.45) is 0 Å². The number of rotatable bonds is 3. The van der Waals surface area contributed by atoms with Crippen LogP contribution in [0, 0.1) is 6.92 Å². The monoisotopic (exact) mass is 288 g/mol. The summed E-state index contributed by atoms with van der Waals surface area (Å²) in [4.78, 5) is 23.4. The minimum atomic E-state index is 0.286. The lowest BCUT2D eigenvalue weighted by Gasteiger charge is -2.36. The molecule has 5 nitrogen and oxygen atoms in total. The third-order valence-corrected chi connectivity index (χ3v) is 4.39. The molecule has 114 valence electrons. The summed E-state index contributed by atoms with van der Waals surface area (Å²) in [7, 11) is 0. The number of carbonyl (C=O) groups excluding carboxylic acids is 1. The van der Waals surface area contributed by atoms with Crippen LogP contribution in [0.4, 0.5) is 5.82 Å². The fourth-order valence-corrected chi connectivity index (χ4v) is 3.12. The van der Waals surface area contributed by atoms with Crippen molar-refractivity contribution in [3.05, 3.63) is 23.9 Å². The maximum absolute atomic E-state index is 12.3. The van der Waals surface area contributed by atoms with E-state index >= 15 is 0 Å². The number of aryl methyl sites for hydroxylation is 1. The van der Waals surface area contributed by atoms with E-state index in [0.717, 1.165) is 50.8 Å². The molecule has 0 bridgehead atoms. The molecule has 0 unspecified atom stereocenters. The highest BCUT2D eigenvalue weighted by molar-refractivity contribution is 5.78. The maximum atomic E-state index is 12.3. The summed E-state index contributed by atoms with van der Waals surface area (Å²) < 4.78 is 0. The lowest BCUT2D eigenvalue weighted by atomic mass is 10.3. The van der Waals surface area contributed by atoms with E-state index in [-0.39, 0.29) is 5.91 Å². The molecule has 0 aliphatic carbocycles. The number of piperazine rings is 1. The Bertz CT molecular complexity index is 491. The lowest BCUT2D eigenvalue weighted by molar-refractivity contribution is -0.132. The Labute approximate surface area is 126 Å². The first-order valence-corrected chi connectivity index (χ1v) is 7.91. The van der Waals surface area contributed by atoms with Crippen LogP contribution >= 0.6 is 0 Å². The van der Waals surface area contributed by atoms with Gasteiger partial charge in [0.2, 0.25) is 5.91 Å². The predicted octanol–water partition coefficient (Wildman–Crippen LogP) is 1.13. The molecule has 0 aromatic carbocycles. The van der Waals surface area contributed by atoms with E-state index in [4.69, 9.17) is 0 Å². The molecule has 0 N–H and O–H groups in total. The summed E-state index contributed by atoms with van der Waals surface area (Å²) in [6, 6.07) is 6.11. The van der Waals surface area contributed by atoms with Crippen molar-refractivity contribution in [3.63, 3.8) is 0 Å². The molecule has 0 spiro atoms. The van der Waals surface area contributed by atoms with E-state index in [0.29, 0.717) is 6.54 Å². The van der Waals surface area contributed by atoms with Crippen LogP contribution in [-0.4, -0.2) is 66.5 Å². The smallest absolute Gasteiger partial charge is 0.236 e. The Morgan fingerprint density at radius 3 is 2.48 bits per heavy atom. The van der Waals surface area contributed by atoms with Crippen LogP contribution < -0.4 is 4.90 Å². The second-order valence-corrected chi connectivity index (χ2v) is 5.99. The molecular formula is C16H24N4O. The lowest BCUT2D eigenvalue weighted by Crippen LogP contribution is -2.51. The largest absolute Gasteiger partial charge is 0.353 e. The van der Waals surface area contributed by atoms with E-state index in [1.165, 1.54) is 12.8 Å². The van der Waals surface area contributed by atoms with Gasteiger partial charge in [-0.15, -0.1) is 0 Å². The quantitative estimate of drug-likeness (QED) is 0.836. The highest BCUT2D eigenvalue weighted by Crippen LogP contribution is 2.14. The Morgan fingerprint density at radius 2 is 1.81 bits per heavy atom. The van der Waals surface area contributed by atoms with E-state index in [1.807, 2.05) is 24.0 Å². The molecule has 0 radical (unpaired) electrons. The van der Waals surface area contributed by atoms with E-state index < -0.39 is 0 Å². The van der Waals surface area contributed by atoms with Crippen molar-refractivity contribution in [2.75, 3.05) is 50.7 Å². The van der Waals surface area contributed by atoms with Crippen molar-refractivity contribution in [1.82, 2.24) is 14.8 Å². The SMILES string of the molecule is Cc1cccc(N2CCN(C(=O)CN3CCCC3)CC2)n1. The average molecular weight is 288 g/mol. The van der Waals surface area contributed by atoms with Crippen LogP contribution in [0.3, 0.4) is 0 Å². The van der Waals surface area contributed by atoms with Gasteiger partial charge in [0.05, 0.1) is 6.54 Å². The Kier molecular flexibility index (Phi) is 4.39. The molecule has 5 heteroatoms. The number of hydrogen-bond donors (Lipinski definition) is 0. The molecule has 21 heavy (non-hydrogen) atoms. The van der Waals surface area contributed by atoms with E-state index in [9.17, 15) is 4.79 Å². The highest BCUT2D eigenvalue weighted by atomic mass is 16.2. The first-order valence-electron chi connectivity index (χ1n) is 7.91. The number of anilines is 1. The van der Waals surface area contributed by atoms with Gasteiger partial charge in [0.1, 0.15) is 5.82 Å². The van der Waals surface area contributed by atoms with Crippen LogP contribution in [0.1, 0.15) is 18.5 Å². The number of hydrogen-bond acceptors (Lipinski definition) is 4. The van der Waals surface area contributed by atoms with Crippen molar-refractivity contribution in [3.8, 4) is 0 Å². The molecule has 3 heterocycles. The maximum Gasteiger partial charge on any atom is 0.236 e. The first kappa shape index (κ1) is 14.3. The molecule has 1 aromatic heterocycles. The van der Waals surface area contributed by atoms with Crippen LogP contribution in [0.25, 0.3) is 0 Å². The van der Waals surface area contributed by atoms with Gasteiger partial charge in [-0.2, -0.15) is 0 Å². The van der Waals surface area contributed by atoms with Gasteiger partial charge in [-0.05, 0) is 45.0 Å². The van der Waals surface area contributed by atoms with Gasteiger partial charge in [-0.25, -0.2) is 4.98 Å². The molecular weight excluding hydrogens is 264 g/mol. The average Bonchev–Trinajstić information content (AvgIpc) is 3.00. The van der Waals surface area contributed by atoms with Gasteiger partial charge in [0.25, 0.3) is 0 Å². The van der Waals surface area contributed by atoms with Crippen molar-refractivity contribution in [2.45, 2.75) is 19.8 Å². The summed E-state index contributed by atoms with van der Waals surface area (Å²) in [5.41, 5.74) is 1.04. The molecule has 2 aliphatic rings. The van der Waals surface area contributed by atoms with Gasteiger partial charge in [-0.3, -0.25) is 9.69 Å². The first-order chi connectivity index (χ1) is 10.2. The van der Waals surface area contributed by atoms with Crippen LogP contribution in [0.5, 0.6) is 0 Å². The normalized spacial score (nSPS) is 20.0. The standard InChI is InChI=1S/C16H24N4O/c1-14-5-4-6-15(17-14)19-9-11-20(12-10-19)16(21)13-18-7-2-3-8-18/h4-6H,2-3,7-13H2,1H3. The van der Waals surface area contributed by atoms with Crippen molar-refractivity contribution < 1.29 is 4.79 Å². The van der Waals surface area contributed by atoms with Crippen LogP contribution in [0.15, 0.2) is 18.2 Å². The number of likely N-dealkylation sites (tertiary alicyclic amines) is 1. The molecule has 2 fully saturated rings. The zero-order valence-corrected chi connectivity index (χ0v) is 12.8. The molecule has 3 rings (SSSR count). The summed E-state index contributed by atoms with van der Waals surface area (Å²) in [5.74, 6) is 1.32. The molecule has 1 amide bonds. The highest BCUT2D eigenvalue weighted by Gasteiger charge is 2.24. The fourth-order valence-electron chi connectivity index (χ4n) is 3.12. The minimum Gasteiger partial charge on any atom is -0.353 e. The van der Waals surface area contributed by atoms with Gasteiger partial charge in [0, 0.05) is 31.9 Å². The second-order valence-electron chi connectivity index (χ2n) is 5.99. The van der Waals surface area contributed by atoms with E-state index in [2.05, 4.69) is 20.9 Å². The molecule has 0 saturated carbocycles. The van der Waals surface area contributed by atoms with Crippen LogP contribution in [0.2, 0.25) is 0 Å². The summed E-state index contributed by atoms with van der Waals surface area (Å²) in [5, 5.41) is 0. The summed E-state index contributed by atoms with van der Waals surface area (Å²) in [6.07, 6.45) is 2.47. The molecule has 1 aromatic rings. The second kappa shape index (κ2) is 6.43. The summed E-state index contributed by atoms with van der Waals surface area (Å²) >= 11 is 0. The summed E-state index contributed by atoms with van der Waals surface area (Å²) in [6.45, 7) is 8.15. The van der Waals surface area contributed by atoms with Crippen molar-refractivity contribution in [1.29, 1.82) is 0 Å². The Morgan fingerprint density at radius 1 is 1.10 bits per heavy atom. The minimum absolute atomic E-state index is 0.286. The fraction of sp³-hybridized carbons (Fsp3) is 0.625. The molecule has 2 aliphatic heterocycles. The number of nitrogens with zero attached hydrogens (tertiary/aromatic N) is 4. The van der Waals surface area contributed by atoms with Gasteiger partial charge in [0.15, 0.2) is 0 Å². The molecule has 0 atom stereocenters. The van der Waals surface area contributed by atoms with Gasteiger partial charge >= 0.3 is 0 Å². The Hall–Kier alpha value is -1.62. The predicted molar refractivity (Wildman–Crippen MR) is 83.4 cm³/mol. The number of aromatic nitrogens is 1. The third-order valence-electron chi connectivity index (χ3n) is 4.39. The topological polar surface area (TPSA) is 39.7 Å². The number of pyridine rings is 1. The van der Waals surface area contributed by atoms with Crippen molar-refractivity contribution >= 4 is 11.7 Å². The third kappa shape index (κ3) is 3.53. The molecule has 2 saturated heterocycles. The van der Waals surface area contributed by atoms with Gasteiger partial charge < -0.3 is 9.80 Å². The Balaban J connectivity index is 1.51. The van der Waals surface area contributed by atoms with Crippen LogP contribution in [-0.2, 0) is 4.79 Å². The number of amides is 1. The zero-order chi connectivity index (χ0) is 14.7. The number of carbonyl (C=O) groups is 1.